The molecular weight excluding hydrogens is 294 g/mol. The summed E-state index contributed by atoms with van der Waals surface area (Å²) in [7, 11) is 0. The van der Waals surface area contributed by atoms with E-state index in [-0.39, 0.29) is 12.3 Å². The number of halogens is 1. The van der Waals surface area contributed by atoms with E-state index in [9.17, 15) is 4.79 Å². The second kappa shape index (κ2) is 5.64. The second-order valence-corrected chi connectivity index (χ2v) is 5.65. The minimum Gasteiger partial charge on any atom is -0.350 e. The van der Waals surface area contributed by atoms with Crippen molar-refractivity contribution in [3.05, 3.63) is 58.3 Å². The van der Waals surface area contributed by atoms with E-state index >= 15 is 0 Å². The summed E-state index contributed by atoms with van der Waals surface area (Å²) in [5.74, 6) is -0.0607. The number of rotatable bonds is 4. The fourth-order valence-electron chi connectivity index (χ4n) is 1.93. The highest BCUT2D eigenvalue weighted by Crippen LogP contribution is 2.15. The average Bonchev–Trinajstić information content (AvgIpc) is 3.00. The van der Waals surface area contributed by atoms with Gasteiger partial charge < -0.3 is 5.32 Å². The van der Waals surface area contributed by atoms with Crippen LogP contribution in [0.1, 0.15) is 11.3 Å². The first-order chi connectivity index (χ1) is 9.72. The maximum Gasteiger partial charge on any atom is 0.224 e. The van der Waals surface area contributed by atoms with Gasteiger partial charge in [-0.2, -0.15) is 0 Å². The number of amides is 1. The second-order valence-electron chi connectivity index (χ2n) is 4.37. The minimum absolute atomic E-state index is 0.0607. The van der Waals surface area contributed by atoms with Crippen LogP contribution in [0.25, 0.3) is 4.96 Å². The molecule has 20 heavy (non-hydrogen) atoms. The number of carbonyl (C=O) groups is 1. The lowest BCUT2D eigenvalue weighted by Crippen LogP contribution is -2.24. The van der Waals surface area contributed by atoms with Crippen LogP contribution in [0.15, 0.2) is 42.0 Å². The van der Waals surface area contributed by atoms with E-state index in [4.69, 9.17) is 11.6 Å². The van der Waals surface area contributed by atoms with Crippen LogP contribution in [0, 0.1) is 0 Å². The monoisotopic (exact) mass is 305 g/mol. The van der Waals surface area contributed by atoms with Gasteiger partial charge in [-0.15, -0.1) is 11.3 Å². The largest absolute Gasteiger partial charge is 0.350 e. The zero-order valence-corrected chi connectivity index (χ0v) is 12.1. The first-order valence-electron chi connectivity index (χ1n) is 6.13. The van der Waals surface area contributed by atoms with Crippen molar-refractivity contribution < 1.29 is 4.79 Å². The number of nitrogens with one attached hydrogen (secondary N) is 1. The predicted octanol–water partition coefficient (Wildman–Crippen LogP) is 2.91. The molecule has 0 atom stereocenters. The molecule has 2 aromatic heterocycles. The zero-order valence-electron chi connectivity index (χ0n) is 10.5. The van der Waals surface area contributed by atoms with E-state index in [2.05, 4.69) is 10.3 Å². The molecule has 2 heterocycles. The molecule has 0 saturated carbocycles. The van der Waals surface area contributed by atoms with Gasteiger partial charge in [0.05, 0.1) is 18.7 Å². The molecule has 4 nitrogen and oxygen atoms in total. The summed E-state index contributed by atoms with van der Waals surface area (Å²) in [5, 5.41) is 5.45. The van der Waals surface area contributed by atoms with E-state index < -0.39 is 0 Å². The molecule has 3 aromatic rings. The molecule has 102 valence electrons. The van der Waals surface area contributed by atoms with Crippen molar-refractivity contribution in [2.24, 2.45) is 0 Å². The molecular formula is C14H12ClN3OS. The Morgan fingerprint density at radius 3 is 3.05 bits per heavy atom. The van der Waals surface area contributed by atoms with Crippen molar-refractivity contribution in [1.82, 2.24) is 14.7 Å². The number of fused-ring (bicyclic) bond motifs is 1. The molecule has 1 N–H and O–H groups in total. The zero-order chi connectivity index (χ0) is 13.9. The van der Waals surface area contributed by atoms with Gasteiger partial charge in [0.1, 0.15) is 0 Å². The third-order valence-corrected chi connectivity index (χ3v) is 4.06. The maximum absolute atomic E-state index is 11.9. The van der Waals surface area contributed by atoms with Crippen LogP contribution >= 0.6 is 22.9 Å². The molecule has 0 aliphatic carbocycles. The van der Waals surface area contributed by atoms with Crippen molar-refractivity contribution in [3.63, 3.8) is 0 Å². The van der Waals surface area contributed by atoms with Crippen LogP contribution in [0.3, 0.4) is 0 Å². The molecule has 0 fully saturated rings. The number of imidazole rings is 1. The van der Waals surface area contributed by atoms with Gasteiger partial charge >= 0.3 is 0 Å². The average molecular weight is 306 g/mol. The van der Waals surface area contributed by atoms with Crippen LogP contribution < -0.4 is 5.32 Å². The van der Waals surface area contributed by atoms with Crippen molar-refractivity contribution >= 4 is 33.8 Å². The van der Waals surface area contributed by atoms with Gasteiger partial charge in [0, 0.05) is 22.8 Å². The topological polar surface area (TPSA) is 46.4 Å². The number of benzene rings is 1. The van der Waals surface area contributed by atoms with Crippen molar-refractivity contribution in [1.29, 1.82) is 0 Å². The molecule has 0 saturated heterocycles. The number of hydrogen-bond acceptors (Lipinski definition) is 3. The highest BCUT2D eigenvalue weighted by molar-refractivity contribution is 7.15. The lowest BCUT2D eigenvalue weighted by Gasteiger charge is -2.05. The Bertz CT molecular complexity index is 721. The molecule has 1 amide bonds. The highest BCUT2D eigenvalue weighted by atomic mass is 35.5. The Hall–Kier alpha value is -1.85. The normalized spacial score (nSPS) is 10.8. The number of carbonyl (C=O) groups excluding carboxylic acids is 1. The molecule has 1 aromatic carbocycles. The fraction of sp³-hybridized carbons (Fsp3) is 0.143. The fourth-order valence-corrected chi connectivity index (χ4v) is 2.85. The van der Waals surface area contributed by atoms with E-state index in [0.29, 0.717) is 11.6 Å². The predicted molar refractivity (Wildman–Crippen MR) is 80.1 cm³/mol. The first-order valence-corrected chi connectivity index (χ1v) is 7.39. The summed E-state index contributed by atoms with van der Waals surface area (Å²) in [6, 6.07) is 7.36. The van der Waals surface area contributed by atoms with Gasteiger partial charge in [0.25, 0.3) is 0 Å². The molecule has 0 aliphatic rings. The summed E-state index contributed by atoms with van der Waals surface area (Å²) in [6.07, 6.45) is 4.14. The van der Waals surface area contributed by atoms with E-state index in [1.807, 2.05) is 40.4 Å². The maximum atomic E-state index is 11.9. The summed E-state index contributed by atoms with van der Waals surface area (Å²) in [5.41, 5.74) is 1.68. The van der Waals surface area contributed by atoms with Crippen molar-refractivity contribution in [2.45, 2.75) is 13.0 Å². The molecule has 0 unspecified atom stereocenters. The van der Waals surface area contributed by atoms with E-state index in [1.54, 1.807) is 17.4 Å². The number of aromatic nitrogens is 2. The summed E-state index contributed by atoms with van der Waals surface area (Å²) >= 11 is 7.60. The van der Waals surface area contributed by atoms with Crippen LogP contribution in [-0.2, 0) is 17.8 Å². The summed E-state index contributed by atoms with van der Waals surface area (Å²) < 4.78 is 1.94. The number of hydrogen-bond donors (Lipinski definition) is 1. The van der Waals surface area contributed by atoms with Gasteiger partial charge in [0.2, 0.25) is 5.91 Å². The molecule has 3 rings (SSSR count). The van der Waals surface area contributed by atoms with Gasteiger partial charge in [-0.25, -0.2) is 4.98 Å². The van der Waals surface area contributed by atoms with Gasteiger partial charge in [-0.1, -0.05) is 29.8 Å². The van der Waals surface area contributed by atoms with E-state index in [1.165, 1.54) is 0 Å². The molecule has 0 radical (unpaired) electrons. The Balaban J connectivity index is 1.59. The highest BCUT2D eigenvalue weighted by Gasteiger charge is 2.08. The lowest BCUT2D eigenvalue weighted by molar-refractivity contribution is -0.120. The summed E-state index contributed by atoms with van der Waals surface area (Å²) in [4.78, 5) is 17.2. The Labute approximate surface area is 125 Å². The molecule has 6 heteroatoms. The number of nitrogens with zero attached hydrogens (tertiary/aromatic N) is 2. The summed E-state index contributed by atoms with van der Waals surface area (Å²) in [6.45, 7) is 0.428. The smallest absolute Gasteiger partial charge is 0.224 e. The van der Waals surface area contributed by atoms with Crippen molar-refractivity contribution in [2.75, 3.05) is 0 Å². The van der Waals surface area contributed by atoms with Crippen molar-refractivity contribution in [3.8, 4) is 0 Å². The SMILES string of the molecule is O=C(Cc1ccccc1Cl)NCc1cn2ccsc2n1. The molecule has 0 bridgehead atoms. The number of thiazole rings is 1. The van der Waals surface area contributed by atoms with Crippen LogP contribution in [0.4, 0.5) is 0 Å². The minimum atomic E-state index is -0.0607. The Morgan fingerprint density at radius 2 is 2.25 bits per heavy atom. The van der Waals surface area contributed by atoms with Crippen LogP contribution in [0.5, 0.6) is 0 Å². The third kappa shape index (κ3) is 2.84. The third-order valence-electron chi connectivity index (χ3n) is 2.92. The van der Waals surface area contributed by atoms with Crippen LogP contribution in [-0.4, -0.2) is 15.3 Å². The lowest BCUT2D eigenvalue weighted by atomic mass is 10.1. The Kier molecular flexibility index (Phi) is 3.71. The first kappa shape index (κ1) is 13.1. The quantitative estimate of drug-likeness (QED) is 0.805. The van der Waals surface area contributed by atoms with E-state index in [0.717, 1.165) is 16.2 Å². The Morgan fingerprint density at radius 1 is 1.40 bits per heavy atom. The van der Waals surface area contributed by atoms with Crippen LogP contribution in [0.2, 0.25) is 5.02 Å². The molecule has 0 aliphatic heterocycles. The van der Waals surface area contributed by atoms with Gasteiger partial charge in [-0.3, -0.25) is 9.20 Å². The van der Waals surface area contributed by atoms with Gasteiger partial charge in [-0.05, 0) is 11.6 Å². The van der Waals surface area contributed by atoms with Gasteiger partial charge in [0.15, 0.2) is 4.96 Å². The standard InChI is InChI=1S/C14H12ClN3OS/c15-12-4-2-1-3-10(12)7-13(19)16-8-11-9-18-5-6-20-14(18)17-11/h1-6,9H,7-8H2,(H,16,19). The molecule has 0 spiro atoms.